The van der Waals surface area contributed by atoms with Gasteiger partial charge in [0.15, 0.2) is 4.87 Å². The van der Waals surface area contributed by atoms with Crippen molar-refractivity contribution in [1.82, 2.24) is 0 Å². The zero-order chi connectivity index (χ0) is 8.91. The molecule has 1 atom stereocenters. The van der Waals surface area contributed by atoms with Gasteiger partial charge in [0.1, 0.15) is 0 Å². The quantitative estimate of drug-likeness (QED) is 0.266. The van der Waals surface area contributed by atoms with Crippen LogP contribution in [0.4, 0.5) is 0 Å². The summed E-state index contributed by atoms with van der Waals surface area (Å²) in [6.07, 6.45) is 1.83. The number of hydrogen-bond donors (Lipinski definition) is 4. The SMILES string of the molecule is NCCCCC(N)(S)C(=O)O. The van der Waals surface area contributed by atoms with E-state index in [1.807, 2.05) is 0 Å². The molecule has 66 valence electrons. The minimum atomic E-state index is -1.39. The lowest BCUT2D eigenvalue weighted by atomic mass is 10.1. The van der Waals surface area contributed by atoms with E-state index < -0.39 is 10.8 Å². The standard InChI is InChI=1S/C6H14N2O2S/c7-4-2-1-3-6(8,11)5(9)10/h11H,1-4,7-8H2,(H,9,10). The summed E-state index contributed by atoms with van der Waals surface area (Å²) in [7, 11) is 0. The molecule has 0 radical (unpaired) electrons. The van der Waals surface area contributed by atoms with Gasteiger partial charge in [-0.25, -0.2) is 4.79 Å². The maximum atomic E-state index is 10.4. The molecular weight excluding hydrogens is 164 g/mol. The number of hydrogen-bond acceptors (Lipinski definition) is 4. The summed E-state index contributed by atoms with van der Waals surface area (Å²) >= 11 is 3.79. The third kappa shape index (κ3) is 4.23. The third-order valence-corrected chi connectivity index (χ3v) is 1.80. The Kier molecular flexibility index (Phi) is 4.48. The lowest BCUT2D eigenvalue weighted by Crippen LogP contribution is -2.42. The van der Waals surface area contributed by atoms with Gasteiger partial charge in [0.25, 0.3) is 0 Å². The van der Waals surface area contributed by atoms with E-state index in [4.69, 9.17) is 16.6 Å². The molecule has 0 aliphatic carbocycles. The van der Waals surface area contributed by atoms with Crippen LogP contribution in [0.25, 0.3) is 0 Å². The van der Waals surface area contributed by atoms with Crippen LogP contribution in [-0.4, -0.2) is 22.5 Å². The van der Waals surface area contributed by atoms with Crippen LogP contribution in [0.15, 0.2) is 0 Å². The molecule has 0 rings (SSSR count). The Labute approximate surface area is 71.4 Å². The van der Waals surface area contributed by atoms with Crippen molar-refractivity contribution in [1.29, 1.82) is 0 Å². The van der Waals surface area contributed by atoms with Crippen LogP contribution in [0.5, 0.6) is 0 Å². The molecule has 11 heavy (non-hydrogen) atoms. The van der Waals surface area contributed by atoms with E-state index in [1.54, 1.807) is 0 Å². The number of carboxylic acid groups (broad SMARTS) is 1. The van der Waals surface area contributed by atoms with Crippen LogP contribution in [0.3, 0.4) is 0 Å². The van der Waals surface area contributed by atoms with Gasteiger partial charge in [0.2, 0.25) is 0 Å². The highest BCUT2D eigenvalue weighted by atomic mass is 32.1. The second kappa shape index (κ2) is 4.58. The summed E-state index contributed by atoms with van der Waals surface area (Å²) < 4.78 is 0. The Balaban J connectivity index is 3.64. The minimum absolute atomic E-state index is 0.350. The van der Waals surface area contributed by atoms with Crippen LogP contribution in [0.2, 0.25) is 0 Å². The average Bonchev–Trinajstić information content (AvgIpc) is 1.88. The first kappa shape index (κ1) is 10.7. The Hall–Kier alpha value is -0.260. The molecule has 0 saturated heterocycles. The highest BCUT2D eigenvalue weighted by molar-refractivity contribution is 7.82. The van der Waals surface area contributed by atoms with E-state index in [1.165, 1.54) is 0 Å². The predicted octanol–water partition coefficient (Wildman–Crippen LogP) is -0.215. The highest BCUT2D eigenvalue weighted by Crippen LogP contribution is 2.15. The number of aliphatic carboxylic acids is 1. The number of nitrogens with two attached hydrogens (primary N) is 2. The molecule has 5 heteroatoms. The summed E-state index contributed by atoms with van der Waals surface area (Å²) in [4.78, 5) is 8.99. The summed E-state index contributed by atoms with van der Waals surface area (Å²) in [5.41, 5.74) is 10.5. The van der Waals surface area contributed by atoms with Crippen LogP contribution >= 0.6 is 12.6 Å². The average molecular weight is 178 g/mol. The molecule has 0 aliphatic heterocycles. The fourth-order valence-electron chi connectivity index (χ4n) is 0.646. The van der Waals surface area contributed by atoms with Crippen molar-refractivity contribution in [3.05, 3.63) is 0 Å². The molecule has 0 aromatic rings. The second-order valence-electron chi connectivity index (χ2n) is 2.48. The molecule has 1 unspecified atom stereocenters. The molecule has 0 spiro atoms. The lowest BCUT2D eigenvalue weighted by molar-refractivity contribution is -0.139. The molecule has 0 saturated carbocycles. The van der Waals surface area contributed by atoms with Crippen molar-refractivity contribution in [3.63, 3.8) is 0 Å². The fourth-order valence-corrected chi connectivity index (χ4v) is 0.804. The molecule has 0 aromatic heterocycles. The van der Waals surface area contributed by atoms with E-state index in [9.17, 15) is 4.79 Å². The summed E-state index contributed by atoms with van der Waals surface area (Å²) in [6, 6.07) is 0. The van der Waals surface area contributed by atoms with Crippen molar-refractivity contribution >= 4 is 18.6 Å². The summed E-state index contributed by atoms with van der Waals surface area (Å²) in [5, 5.41) is 8.51. The Morgan fingerprint density at radius 3 is 2.45 bits per heavy atom. The lowest BCUT2D eigenvalue weighted by Gasteiger charge is -2.16. The number of rotatable bonds is 5. The van der Waals surface area contributed by atoms with Gasteiger partial charge in [-0.05, 0) is 25.8 Å². The van der Waals surface area contributed by atoms with Gasteiger partial charge in [-0.1, -0.05) is 0 Å². The Bertz CT molecular complexity index is 139. The first-order chi connectivity index (χ1) is 5.00. The van der Waals surface area contributed by atoms with Gasteiger partial charge in [-0.2, -0.15) is 0 Å². The summed E-state index contributed by atoms with van der Waals surface area (Å²) in [6.45, 7) is 0.559. The fraction of sp³-hybridized carbons (Fsp3) is 0.833. The van der Waals surface area contributed by atoms with Crippen molar-refractivity contribution in [3.8, 4) is 0 Å². The molecule has 0 heterocycles. The van der Waals surface area contributed by atoms with Crippen molar-refractivity contribution in [2.75, 3.05) is 6.54 Å². The Morgan fingerprint density at radius 1 is 1.55 bits per heavy atom. The zero-order valence-corrected chi connectivity index (χ0v) is 7.18. The van der Waals surface area contributed by atoms with Gasteiger partial charge >= 0.3 is 5.97 Å². The first-order valence-electron chi connectivity index (χ1n) is 3.45. The van der Waals surface area contributed by atoms with Crippen LogP contribution in [-0.2, 0) is 4.79 Å². The molecule has 5 N–H and O–H groups in total. The molecule has 0 amide bonds. The zero-order valence-electron chi connectivity index (χ0n) is 6.29. The van der Waals surface area contributed by atoms with E-state index in [0.29, 0.717) is 19.4 Å². The van der Waals surface area contributed by atoms with Gasteiger partial charge in [0.05, 0.1) is 0 Å². The topological polar surface area (TPSA) is 89.3 Å². The third-order valence-electron chi connectivity index (χ3n) is 1.38. The van der Waals surface area contributed by atoms with E-state index in [0.717, 1.165) is 6.42 Å². The first-order valence-corrected chi connectivity index (χ1v) is 3.90. The number of thiol groups is 1. The maximum Gasteiger partial charge on any atom is 0.333 e. The van der Waals surface area contributed by atoms with E-state index in [2.05, 4.69) is 12.6 Å². The van der Waals surface area contributed by atoms with Crippen molar-refractivity contribution < 1.29 is 9.90 Å². The van der Waals surface area contributed by atoms with E-state index in [-0.39, 0.29) is 0 Å². The van der Waals surface area contributed by atoms with Crippen LogP contribution in [0.1, 0.15) is 19.3 Å². The normalized spacial score (nSPS) is 15.9. The molecule has 0 aliphatic rings. The highest BCUT2D eigenvalue weighted by Gasteiger charge is 2.27. The number of carbonyl (C=O) groups is 1. The smallest absolute Gasteiger partial charge is 0.333 e. The van der Waals surface area contributed by atoms with Gasteiger partial charge < -0.3 is 16.6 Å². The number of unbranched alkanes of at least 4 members (excludes halogenated alkanes) is 1. The molecule has 4 nitrogen and oxygen atoms in total. The largest absolute Gasteiger partial charge is 0.479 e. The Morgan fingerprint density at radius 2 is 2.09 bits per heavy atom. The molecule has 0 bridgehead atoms. The summed E-state index contributed by atoms with van der Waals surface area (Å²) in [5.74, 6) is -1.09. The van der Waals surface area contributed by atoms with Crippen molar-refractivity contribution in [2.45, 2.75) is 24.1 Å². The minimum Gasteiger partial charge on any atom is -0.479 e. The monoisotopic (exact) mass is 178 g/mol. The number of carboxylic acids is 1. The van der Waals surface area contributed by atoms with Gasteiger partial charge in [0, 0.05) is 0 Å². The maximum absolute atomic E-state index is 10.4. The van der Waals surface area contributed by atoms with Crippen molar-refractivity contribution in [2.24, 2.45) is 11.5 Å². The van der Waals surface area contributed by atoms with Crippen LogP contribution < -0.4 is 11.5 Å². The van der Waals surface area contributed by atoms with Crippen LogP contribution in [0, 0.1) is 0 Å². The van der Waals surface area contributed by atoms with Gasteiger partial charge in [-0.3, -0.25) is 0 Å². The second-order valence-corrected chi connectivity index (χ2v) is 3.27. The van der Waals surface area contributed by atoms with E-state index >= 15 is 0 Å². The molecule has 0 fully saturated rings. The van der Waals surface area contributed by atoms with Gasteiger partial charge in [-0.15, -0.1) is 12.6 Å². The molecular formula is C6H14N2O2S. The molecule has 0 aromatic carbocycles. The predicted molar refractivity (Wildman–Crippen MR) is 46.4 cm³/mol.